The third kappa shape index (κ3) is 6.86. The van der Waals surface area contributed by atoms with E-state index in [1.54, 1.807) is 24.0 Å². The van der Waals surface area contributed by atoms with Crippen LogP contribution < -0.4 is 10.6 Å². The van der Waals surface area contributed by atoms with Gasteiger partial charge in [0.25, 0.3) is 6.47 Å². The van der Waals surface area contributed by atoms with E-state index in [1.165, 1.54) is 0 Å². The van der Waals surface area contributed by atoms with Crippen LogP contribution in [0.5, 0.6) is 0 Å². The van der Waals surface area contributed by atoms with Crippen molar-refractivity contribution < 1.29 is 19.5 Å². The number of aromatic nitrogens is 2. The maximum absolute atomic E-state index is 12.1. The van der Waals surface area contributed by atoms with E-state index in [2.05, 4.69) is 15.6 Å². The van der Waals surface area contributed by atoms with E-state index in [0.29, 0.717) is 12.8 Å². The van der Waals surface area contributed by atoms with Crippen molar-refractivity contribution in [3.05, 3.63) is 48.0 Å². The van der Waals surface area contributed by atoms with E-state index in [1.807, 2.05) is 31.2 Å². The summed E-state index contributed by atoms with van der Waals surface area (Å²) in [7, 11) is 1.61. The molecule has 8 nitrogen and oxygen atoms in total. The maximum Gasteiger partial charge on any atom is 0.290 e. The molecule has 1 aromatic heterocycles. The summed E-state index contributed by atoms with van der Waals surface area (Å²) >= 11 is 0. The number of aryl methyl sites for hydroxylation is 2. The van der Waals surface area contributed by atoms with E-state index in [9.17, 15) is 9.59 Å². The van der Waals surface area contributed by atoms with Gasteiger partial charge in [-0.05, 0) is 25.0 Å². The number of anilines is 1. The Morgan fingerprint density at radius 1 is 1.28 bits per heavy atom. The molecule has 134 valence electrons. The molecular formula is C17H22N4O4. The second-order valence-corrected chi connectivity index (χ2v) is 5.09. The predicted octanol–water partition coefficient (Wildman–Crippen LogP) is 1.21. The Morgan fingerprint density at radius 2 is 1.96 bits per heavy atom. The zero-order chi connectivity index (χ0) is 18.7. The highest BCUT2D eigenvalue weighted by atomic mass is 16.3. The first-order valence-corrected chi connectivity index (χ1v) is 7.65. The van der Waals surface area contributed by atoms with Gasteiger partial charge in [-0.1, -0.05) is 18.2 Å². The Morgan fingerprint density at radius 3 is 2.56 bits per heavy atom. The van der Waals surface area contributed by atoms with Crippen LogP contribution in [0.15, 0.2) is 36.7 Å². The van der Waals surface area contributed by atoms with Gasteiger partial charge in [0.05, 0.1) is 0 Å². The molecule has 0 aliphatic rings. The number of rotatable bonds is 6. The summed E-state index contributed by atoms with van der Waals surface area (Å²) in [5.74, 6) is 0.659. The molecule has 0 spiro atoms. The van der Waals surface area contributed by atoms with Crippen molar-refractivity contribution in [2.75, 3.05) is 12.4 Å². The van der Waals surface area contributed by atoms with Gasteiger partial charge in [0.2, 0.25) is 11.8 Å². The van der Waals surface area contributed by atoms with Crippen molar-refractivity contribution >= 4 is 24.0 Å². The first-order valence-electron chi connectivity index (χ1n) is 7.65. The van der Waals surface area contributed by atoms with Crippen LogP contribution in [0.2, 0.25) is 0 Å². The van der Waals surface area contributed by atoms with Gasteiger partial charge in [0.1, 0.15) is 12.4 Å². The minimum atomic E-state index is -0.250. The predicted molar refractivity (Wildman–Crippen MR) is 93.1 cm³/mol. The van der Waals surface area contributed by atoms with Crippen molar-refractivity contribution in [2.45, 2.75) is 26.3 Å². The molecule has 0 saturated heterocycles. The highest BCUT2D eigenvalue weighted by Gasteiger charge is 2.09. The number of carbonyl (C=O) groups excluding carboxylic acids is 2. The summed E-state index contributed by atoms with van der Waals surface area (Å²) in [5.41, 5.74) is 1.69. The summed E-state index contributed by atoms with van der Waals surface area (Å²) < 4.78 is 1.78. The second kappa shape index (κ2) is 10.6. The van der Waals surface area contributed by atoms with Crippen LogP contribution in [0, 0.1) is 6.92 Å². The van der Waals surface area contributed by atoms with Crippen molar-refractivity contribution in [1.29, 1.82) is 0 Å². The van der Waals surface area contributed by atoms with Gasteiger partial charge in [-0.2, -0.15) is 0 Å². The Labute approximate surface area is 145 Å². The zero-order valence-corrected chi connectivity index (χ0v) is 14.2. The average molecular weight is 346 g/mol. The summed E-state index contributed by atoms with van der Waals surface area (Å²) in [6.45, 7) is 1.82. The Kier molecular flexibility index (Phi) is 8.42. The monoisotopic (exact) mass is 346 g/mol. The molecule has 1 heterocycles. The molecule has 3 N–H and O–H groups in total. The van der Waals surface area contributed by atoms with Crippen molar-refractivity contribution in [2.24, 2.45) is 0 Å². The number of nitrogens with one attached hydrogen (secondary N) is 2. The fourth-order valence-electron chi connectivity index (χ4n) is 2.15. The molecule has 2 rings (SSSR count). The van der Waals surface area contributed by atoms with Crippen LogP contribution in [0.4, 0.5) is 5.69 Å². The zero-order valence-electron chi connectivity index (χ0n) is 14.2. The number of carbonyl (C=O) groups is 3. The third-order valence-corrected chi connectivity index (χ3v) is 3.43. The molecule has 0 aliphatic heterocycles. The molecule has 1 aromatic carbocycles. The fourth-order valence-corrected chi connectivity index (χ4v) is 2.15. The number of para-hydroxylation sites is 1. The van der Waals surface area contributed by atoms with Crippen LogP contribution in [0.3, 0.4) is 0 Å². The van der Waals surface area contributed by atoms with Crippen LogP contribution in [-0.2, 0) is 27.3 Å². The van der Waals surface area contributed by atoms with Crippen LogP contribution in [0.25, 0.3) is 0 Å². The van der Waals surface area contributed by atoms with Gasteiger partial charge in [0.15, 0.2) is 0 Å². The minimum Gasteiger partial charge on any atom is -0.483 e. The van der Waals surface area contributed by atoms with Crippen molar-refractivity contribution in [1.82, 2.24) is 14.9 Å². The normalized spacial score (nSPS) is 9.52. The molecule has 8 heteroatoms. The molecule has 0 fully saturated rings. The lowest BCUT2D eigenvalue weighted by atomic mass is 10.1. The standard InChI is InChI=1S/C16H20N4O2.CH2O2/c1-12-18-9-10-20(12)11-16(22)19-14-6-4-3-5-13(14)7-8-15(21)17-2;2-1-3/h3-6,9-10H,7-8,11H2,1-2H3,(H,17,21)(H,19,22);1H,(H,2,3). The molecule has 0 bridgehead atoms. The molecule has 0 aliphatic carbocycles. The number of nitrogens with zero attached hydrogens (tertiary/aromatic N) is 2. The van der Waals surface area contributed by atoms with Gasteiger partial charge >= 0.3 is 0 Å². The third-order valence-electron chi connectivity index (χ3n) is 3.43. The Bertz CT molecular complexity index is 712. The van der Waals surface area contributed by atoms with E-state index in [-0.39, 0.29) is 24.8 Å². The van der Waals surface area contributed by atoms with E-state index >= 15 is 0 Å². The van der Waals surface area contributed by atoms with E-state index < -0.39 is 0 Å². The lowest BCUT2D eigenvalue weighted by Gasteiger charge is -2.11. The fraction of sp³-hybridized carbons (Fsp3) is 0.294. The number of carboxylic acid groups (broad SMARTS) is 1. The van der Waals surface area contributed by atoms with Crippen molar-refractivity contribution in [3.8, 4) is 0 Å². The van der Waals surface area contributed by atoms with Gasteiger partial charge in [-0.25, -0.2) is 4.98 Å². The van der Waals surface area contributed by atoms with E-state index in [4.69, 9.17) is 9.90 Å². The van der Waals surface area contributed by atoms with Crippen LogP contribution in [0.1, 0.15) is 17.8 Å². The number of amides is 2. The molecule has 0 atom stereocenters. The summed E-state index contributed by atoms with van der Waals surface area (Å²) in [5, 5.41) is 12.4. The summed E-state index contributed by atoms with van der Waals surface area (Å²) in [4.78, 5) is 36.0. The topological polar surface area (TPSA) is 113 Å². The first kappa shape index (κ1) is 19.9. The number of hydrogen-bond acceptors (Lipinski definition) is 4. The molecular weight excluding hydrogens is 324 g/mol. The molecule has 0 saturated carbocycles. The molecule has 2 aromatic rings. The molecule has 0 unspecified atom stereocenters. The Balaban J connectivity index is 0.000000970. The molecule has 25 heavy (non-hydrogen) atoms. The largest absolute Gasteiger partial charge is 0.483 e. The summed E-state index contributed by atoms with van der Waals surface area (Å²) in [6.07, 6.45) is 4.41. The number of benzene rings is 1. The first-order chi connectivity index (χ1) is 12.0. The number of imidazole rings is 1. The SMILES string of the molecule is CNC(=O)CCc1ccccc1NC(=O)Cn1ccnc1C.O=CO. The molecule has 0 radical (unpaired) electrons. The maximum atomic E-state index is 12.1. The van der Waals surface area contributed by atoms with Gasteiger partial charge in [0, 0.05) is 31.5 Å². The minimum absolute atomic E-state index is 0.0184. The van der Waals surface area contributed by atoms with Gasteiger partial charge < -0.3 is 20.3 Å². The van der Waals surface area contributed by atoms with Gasteiger partial charge in [-0.15, -0.1) is 0 Å². The lowest BCUT2D eigenvalue weighted by Crippen LogP contribution is -2.21. The lowest BCUT2D eigenvalue weighted by molar-refractivity contribution is -0.123. The summed E-state index contributed by atoms with van der Waals surface area (Å²) in [6, 6.07) is 7.52. The van der Waals surface area contributed by atoms with Crippen LogP contribution >= 0.6 is 0 Å². The second-order valence-electron chi connectivity index (χ2n) is 5.09. The van der Waals surface area contributed by atoms with Gasteiger partial charge in [-0.3, -0.25) is 14.4 Å². The van der Waals surface area contributed by atoms with Crippen molar-refractivity contribution in [3.63, 3.8) is 0 Å². The van der Waals surface area contributed by atoms with E-state index in [0.717, 1.165) is 17.1 Å². The highest BCUT2D eigenvalue weighted by molar-refractivity contribution is 5.91. The molecule has 2 amide bonds. The average Bonchev–Trinajstić information content (AvgIpc) is 2.99. The smallest absolute Gasteiger partial charge is 0.290 e. The highest BCUT2D eigenvalue weighted by Crippen LogP contribution is 2.17. The van der Waals surface area contributed by atoms with Crippen LogP contribution in [-0.4, -0.2) is 40.0 Å². The number of hydrogen-bond donors (Lipinski definition) is 3. The Hall–Kier alpha value is -3.16. The quantitative estimate of drug-likeness (QED) is 0.681.